The maximum atomic E-state index is 14.4. The molecule has 8 nitrogen and oxygen atoms in total. The molecule has 0 saturated heterocycles. The highest BCUT2D eigenvalue weighted by atomic mass is 35.5. The summed E-state index contributed by atoms with van der Waals surface area (Å²) in [5.41, 5.74) is 4.91. The van der Waals surface area contributed by atoms with Gasteiger partial charge in [0, 0.05) is 29.8 Å². The van der Waals surface area contributed by atoms with Crippen molar-refractivity contribution in [1.29, 1.82) is 0 Å². The minimum Gasteiger partial charge on any atom is -0.368 e. The number of para-hydroxylation sites is 1. The SMILES string of the molecule is CC(=O)c1ccc2c(c1)C(CC(=O)NCCc1ccc(C3=NCCN3)cc1)N(S(=O)(=O)c1ccc(Cl)c(Cl)c1)c1ccccc1-2.Cl. The van der Waals surface area contributed by atoms with E-state index in [0.29, 0.717) is 35.3 Å². The van der Waals surface area contributed by atoms with Gasteiger partial charge in [0.05, 0.1) is 39.6 Å². The zero-order valence-corrected chi connectivity index (χ0v) is 27.9. The van der Waals surface area contributed by atoms with E-state index in [9.17, 15) is 18.0 Å². The lowest BCUT2D eigenvalue weighted by atomic mass is 9.86. The second-order valence-electron chi connectivity index (χ2n) is 10.9. The number of Topliss-reactive ketones (excluding diaryl/α,β-unsaturated/α-hetero) is 1. The molecule has 1 atom stereocenters. The number of anilines is 1. The van der Waals surface area contributed by atoms with Crippen LogP contribution in [0.3, 0.4) is 0 Å². The van der Waals surface area contributed by atoms with Gasteiger partial charge in [-0.05, 0) is 60.4 Å². The monoisotopic (exact) mass is 696 g/mol. The van der Waals surface area contributed by atoms with Gasteiger partial charge in [0.2, 0.25) is 5.91 Å². The Bertz CT molecular complexity index is 1950. The molecule has 2 N–H and O–H groups in total. The predicted molar refractivity (Wildman–Crippen MR) is 185 cm³/mol. The molecule has 0 aliphatic carbocycles. The lowest BCUT2D eigenvalue weighted by molar-refractivity contribution is -0.121. The number of benzene rings is 4. The molecule has 1 amide bonds. The zero-order chi connectivity index (χ0) is 31.7. The molecule has 0 radical (unpaired) electrons. The third-order valence-corrected chi connectivity index (χ3v) is 10.6. The molecule has 238 valence electrons. The molecule has 46 heavy (non-hydrogen) atoms. The van der Waals surface area contributed by atoms with Gasteiger partial charge in [-0.3, -0.25) is 18.9 Å². The highest BCUT2D eigenvalue weighted by Gasteiger charge is 2.40. The number of aliphatic imine (C=N–C) groups is 1. The molecule has 0 bridgehead atoms. The van der Waals surface area contributed by atoms with Crippen molar-refractivity contribution in [2.45, 2.75) is 30.7 Å². The van der Waals surface area contributed by atoms with Crippen molar-refractivity contribution >= 4 is 68.8 Å². The highest BCUT2D eigenvalue weighted by Crippen LogP contribution is 2.49. The van der Waals surface area contributed by atoms with Gasteiger partial charge >= 0.3 is 0 Å². The minimum atomic E-state index is -4.25. The van der Waals surface area contributed by atoms with Gasteiger partial charge in [-0.1, -0.05) is 77.8 Å². The predicted octanol–water partition coefficient (Wildman–Crippen LogP) is 6.63. The quantitative estimate of drug-likeness (QED) is 0.191. The first-order valence-corrected chi connectivity index (χ1v) is 16.7. The topological polar surface area (TPSA) is 108 Å². The van der Waals surface area contributed by atoms with Crippen molar-refractivity contribution in [2.24, 2.45) is 4.99 Å². The van der Waals surface area contributed by atoms with E-state index >= 15 is 0 Å². The Kier molecular flexibility index (Phi) is 10.1. The Labute approximate surface area is 284 Å². The third kappa shape index (κ3) is 6.64. The molecule has 6 rings (SSSR count). The van der Waals surface area contributed by atoms with Crippen molar-refractivity contribution < 1.29 is 18.0 Å². The number of amidine groups is 1. The number of fused-ring (bicyclic) bond motifs is 3. The van der Waals surface area contributed by atoms with Gasteiger partial charge in [-0.25, -0.2) is 8.42 Å². The van der Waals surface area contributed by atoms with E-state index in [1.54, 1.807) is 24.3 Å². The number of sulfonamides is 1. The summed E-state index contributed by atoms with van der Waals surface area (Å²) < 4.78 is 30.0. The van der Waals surface area contributed by atoms with Crippen LogP contribution >= 0.6 is 35.6 Å². The molecule has 0 fully saturated rings. The molecule has 4 aromatic rings. The van der Waals surface area contributed by atoms with Gasteiger partial charge in [-0.15, -0.1) is 12.4 Å². The average Bonchev–Trinajstić information content (AvgIpc) is 3.57. The Morgan fingerprint density at radius 3 is 2.41 bits per heavy atom. The molecule has 0 spiro atoms. The van der Waals surface area contributed by atoms with Crippen LogP contribution in [-0.4, -0.2) is 45.6 Å². The van der Waals surface area contributed by atoms with Gasteiger partial charge in [-0.2, -0.15) is 0 Å². The second-order valence-corrected chi connectivity index (χ2v) is 13.6. The normalized spacial score (nSPS) is 15.2. The summed E-state index contributed by atoms with van der Waals surface area (Å²) in [6, 6.07) is 23.6. The fraction of sp³-hybridized carbons (Fsp3) is 0.206. The third-order valence-electron chi connectivity index (χ3n) is 8.00. The van der Waals surface area contributed by atoms with E-state index in [4.69, 9.17) is 23.2 Å². The standard InChI is InChI=1S/C34H30Cl2N4O4S.ClH/c1-21(41)24-10-12-26-27-4-2-3-5-31(27)40(45(43,44)25-11-13-29(35)30(36)19-25)32(28(26)18-24)20-33(42)37-15-14-22-6-8-23(9-7-22)34-38-16-17-39-34;/h2-13,18-19,32H,14-17,20H2,1H3,(H,37,42)(H,38,39);1H. The van der Waals surface area contributed by atoms with Gasteiger partial charge in [0.15, 0.2) is 5.78 Å². The summed E-state index contributed by atoms with van der Waals surface area (Å²) in [7, 11) is -4.25. The van der Waals surface area contributed by atoms with Gasteiger partial charge in [0.25, 0.3) is 10.0 Å². The molecule has 2 heterocycles. The summed E-state index contributed by atoms with van der Waals surface area (Å²) in [4.78, 5) is 30.3. The number of carbonyl (C=O) groups is 2. The number of rotatable bonds is 9. The first-order valence-electron chi connectivity index (χ1n) is 14.5. The van der Waals surface area contributed by atoms with Crippen LogP contribution in [0.25, 0.3) is 11.1 Å². The molecule has 2 aliphatic heterocycles. The summed E-state index contributed by atoms with van der Waals surface area (Å²) in [6.45, 7) is 3.42. The van der Waals surface area contributed by atoms with Crippen molar-refractivity contribution in [3.05, 3.63) is 117 Å². The Balaban J connectivity index is 0.00000417. The van der Waals surface area contributed by atoms with Crippen LogP contribution in [0.2, 0.25) is 10.0 Å². The van der Waals surface area contributed by atoms with Crippen molar-refractivity contribution in [1.82, 2.24) is 10.6 Å². The number of hydrogen-bond donors (Lipinski definition) is 2. The molecule has 12 heteroatoms. The van der Waals surface area contributed by atoms with Gasteiger partial charge < -0.3 is 10.6 Å². The minimum absolute atomic E-state index is 0. The number of ketones is 1. The van der Waals surface area contributed by atoms with Crippen molar-refractivity contribution in [2.75, 3.05) is 23.9 Å². The van der Waals surface area contributed by atoms with Crippen LogP contribution in [0.1, 0.15) is 46.4 Å². The molecule has 1 unspecified atom stereocenters. The molecular formula is C34H31Cl3N4O4S. The maximum Gasteiger partial charge on any atom is 0.264 e. The van der Waals surface area contributed by atoms with E-state index in [1.165, 1.54) is 29.4 Å². The summed E-state index contributed by atoms with van der Waals surface area (Å²) in [5, 5.41) is 6.54. The summed E-state index contributed by atoms with van der Waals surface area (Å²) in [5.74, 6) is 0.395. The van der Waals surface area contributed by atoms with Crippen molar-refractivity contribution in [3.63, 3.8) is 0 Å². The fourth-order valence-corrected chi connectivity index (χ4v) is 7.78. The Hall–Kier alpha value is -3.89. The molecule has 0 aromatic heterocycles. The van der Waals surface area contributed by atoms with Crippen molar-refractivity contribution in [3.8, 4) is 11.1 Å². The number of nitrogens with one attached hydrogen (secondary N) is 2. The first-order chi connectivity index (χ1) is 21.6. The lowest BCUT2D eigenvalue weighted by Gasteiger charge is -2.39. The van der Waals surface area contributed by atoms with E-state index in [-0.39, 0.29) is 45.5 Å². The smallest absolute Gasteiger partial charge is 0.264 e. The summed E-state index contributed by atoms with van der Waals surface area (Å²) in [6.07, 6.45) is 0.420. The molecule has 0 saturated carbocycles. The number of nitrogens with zero attached hydrogens (tertiary/aromatic N) is 2. The van der Waals surface area contributed by atoms with Crippen LogP contribution in [0, 0.1) is 0 Å². The summed E-state index contributed by atoms with van der Waals surface area (Å²) >= 11 is 12.3. The fourth-order valence-electron chi connectivity index (χ4n) is 5.75. The molecular weight excluding hydrogens is 667 g/mol. The number of amides is 1. The highest BCUT2D eigenvalue weighted by molar-refractivity contribution is 7.92. The first kappa shape index (κ1) is 33.5. The molecule has 4 aromatic carbocycles. The number of hydrogen-bond acceptors (Lipinski definition) is 6. The van der Waals surface area contributed by atoms with Crippen LogP contribution in [0.4, 0.5) is 5.69 Å². The number of halogens is 3. The van der Waals surface area contributed by atoms with E-state index in [1.807, 2.05) is 42.5 Å². The second kappa shape index (κ2) is 13.8. The molecule has 2 aliphatic rings. The zero-order valence-electron chi connectivity index (χ0n) is 24.8. The van der Waals surface area contributed by atoms with Crippen LogP contribution < -0.4 is 14.9 Å². The van der Waals surface area contributed by atoms with E-state index in [2.05, 4.69) is 15.6 Å². The lowest BCUT2D eigenvalue weighted by Crippen LogP contribution is -2.40. The Morgan fingerprint density at radius 1 is 0.957 bits per heavy atom. The van der Waals surface area contributed by atoms with E-state index < -0.39 is 16.1 Å². The van der Waals surface area contributed by atoms with Crippen LogP contribution in [-0.2, 0) is 21.2 Å². The van der Waals surface area contributed by atoms with Crippen LogP contribution in [0.5, 0.6) is 0 Å². The number of carbonyl (C=O) groups excluding carboxylic acids is 2. The van der Waals surface area contributed by atoms with Gasteiger partial charge in [0.1, 0.15) is 5.84 Å². The van der Waals surface area contributed by atoms with Crippen LogP contribution in [0.15, 0.2) is 94.8 Å². The largest absolute Gasteiger partial charge is 0.368 e. The van der Waals surface area contributed by atoms with E-state index in [0.717, 1.165) is 35.6 Å². The Morgan fingerprint density at radius 2 is 1.72 bits per heavy atom. The average molecular weight is 698 g/mol. The maximum absolute atomic E-state index is 14.4.